The van der Waals surface area contributed by atoms with E-state index < -0.39 is 0 Å². The molecule has 25 heavy (non-hydrogen) atoms. The smallest absolute Gasteiger partial charge is 0.225 e. The van der Waals surface area contributed by atoms with Crippen molar-refractivity contribution in [2.75, 3.05) is 24.6 Å². The third kappa shape index (κ3) is 3.01. The van der Waals surface area contributed by atoms with Gasteiger partial charge in [0, 0.05) is 49.5 Å². The number of aromatic nitrogens is 2. The second-order valence-electron chi connectivity index (χ2n) is 7.64. The topological polar surface area (TPSA) is 67.3 Å². The fourth-order valence-electron chi connectivity index (χ4n) is 4.73. The van der Waals surface area contributed by atoms with Crippen LogP contribution < -0.4 is 10.2 Å². The van der Waals surface area contributed by atoms with Crippen LogP contribution in [-0.2, 0) is 9.53 Å². The van der Waals surface area contributed by atoms with E-state index in [0.29, 0.717) is 12.1 Å². The van der Waals surface area contributed by atoms with Crippen LogP contribution in [0.5, 0.6) is 0 Å². The molecule has 3 fully saturated rings. The zero-order valence-electron chi connectivity index (χ0n) is 15.0. The summed E-state index contributed by atoms with van der Waals surface area (Å²) in [4.78, 5) is 23.5. The third-order valence-electron chi connectivity index (χ3n) is 6.45. The molecule has 0 bridgehead atoms. The van der Waals surface area contributed by atoms with Crippen LogP contribution in [0.15, 0.2) is 18.5 Å². The molecular weight excluding hydrogens is 316 g/mol. The molecule has 1 saturated heterocycles. The van der Waals surface area contributed by atoms with Gasteiger partial charge in [-0.25, -0.2) is 9.97 Å². The van der Waals surface area contributed by atoms with Crippen molar-refractivity contribution < 1.29 is 9.53 Å². The second kappa shape index (κ2) is 6.90. The lowest BCUT2D eigenvalue weighted by Crippen LogP contribution is -2.68. The highest BCUT2D eigenvalue weighted by Crippen LogP contribution is 2.57. The van der Waals surface area contributed by atoms with Crippen LogP contribution in [0.3, 0.4) is 0 Å². The van der Waals surface area contributed by atoms with E-state index in [1.807, 2.05) is 6.07 Å². The van der Waals surface area contributed by atoms with Gasteiger partial charge in [0.2, 0.25) is 11.9 Å². The number of ether oxygens (including phenoxy) is 1. The molecule has 4 rings (SSSR count). The van der Waals surface area contributed by atoms with Crippen LogP contribution in [0.2, 0.25) is 0 Å². The lowest BCUT2D eigenvalue weighted by Gasteiger charge is -2.61. The summed E-state index contributed by atoms with van der Waals surface area (Å²) in [5, 5.41) is 3.35. The molecule has 136 valence electrons. The highest BCUT2D eigenvalue weighted by molar-refractivity contribution is 5.79. The van der Waals surface area contributed by atoms with E-state index in [1.165, 1.54) is 19.3 Å². The van der Waals surface area contributed by atoms with Gasteiger partial charge in [-0.15, -0.1) is 0 Å². The standard InChI is InChI=1S/C19H28N4O2/c1-2-25-16-13-15(19(16)7-3-8-19)22-17(24)14-5-11-23(12-6-14)18-20-9-4-10-21-18/h4,9-10,14-16H,2-3,5-8,11-13H2,1H3,(H,22,24)/t15-,16-/m1/s1. The summed E-state index contributed by atoms with van der Waals surface area (Å²) in [5.41, 5.74) is 0.240. The molecule has 2 saturated carbocycles. The molecule has 1 aliphatic heterocycles. The van der Waals surface area contributed by atoms with Gasteiger partial charge in [-0.05, 0) is 45.1 Å². The number of piperidine rings is 1. The molecule has 1 N–H and O–H groups in total. The summed E-state index contributed by atoms with van der Waals surface area (Å²) in [6.07, 6.45) is 10.3. The Bertz CT molecular complexity index is 597. The van der Waals surface area contributed by atoms with Gasteiger partial charge in [-0.2, -0.15) is 0 Å². The van der Waals surface area contributed by atoms with Crippen molar-refractivity contribution in [1.82, 2.24) is 15.3 Å². The van der Waals surface area contributed by atoms with Gasteiger partial charge >= 0.3 is 0 Å². The number of hydrogen-bond donors (Lipinski definition) is 1. The van der Waals surface area contributed by atoms with Crippen LogP contribution in [0.25, 0.3) is 0 Å². The molecule has 1 spiro atoms. The fourth-order valence-corrected chi connectivity index (χ4v) is 4.73. The Balaban J connectivity index is 1.29. The van der Waals surface area contributed by atoms with Gasteiger partial charge in [0.05, 0.1) is 6.10 Å². The molecule has 2 atom stereocenters. The maximum Gasteiger partial charge on any atom is 0.225 e. The maximum atomic E-state index is 12.7. The molecule has 0 aromatic carbocycles. The van der Waals surface area contributed by atoms with Crippen LogP contribution >= 0.6 is 0 Å². The van der Waals surface area contributed by atoms with Crippen molar-refractivity contribution in [1.29, 1.82) is 0 Å². The molecule has 1 aromatic heterocycles. The predicted octanol–water partition coefficient (Wildman–Crippen LogP) is 2.16. The average Bonchev–Trinajstić information content (AvgIpc) is 2.60. The average molecular weight is 344 g/mol. The lowest BCUT2D eigenvalue weighted by atomic mass is 9.51. The van der Waals surface area contributed by atoms with Crippen molar-refractivity contribution in [3.05, 3.63) is 18.5 Å². The van der Waals surface area contributed by atoms with Crippen molar-refractivity contribution in [3.8, 4) is 0 Å². The summed E-state index contributed by atoms with van der Waals surface area (Å²) in [6, 6.07) is 2.15. The normalized spacial score (nSPS) is 28.3. The molecule has 6 nitrogen and oxygen atoms in total. The summed E-state index contributed by atoms with van der Waals surface area (Å²) in [5.74, 6) is 1.12. The van der Waals surface area contributed by atoms with Gasteiger partial charge in [0.25, 0.3) is 0 Å². The van der Waals surface area contributed by atoms with Crippen LogP contribution in [0, 0.1) is 11.3 Å². The minimum absolute atomic E-state index is 0.114. The number of carbonyl (C=O) groups excluding carboxylic acids is 1. The van der Waals surface area contributed by atoms with Crippen molar-refractivity contribution in [2.24, 2.45) is 11.3 Å². The zero-order chi connectivity index (χ0) is 17.3. The SMILES string of the molecule is CCO[C@@H]1C[C@@H](NC(=O)C2CCN(c3ncccn3)CC2)C12CCC2. The summed E-state index contributed by atoms with van der Waals surface area (Å²) < 4.78 is 5.88. The van der Waals surface area contributed by atoms with Gasteiger partial charge < -0.3 is 15.0 Å². The first-order valence-electron chi connectivity index (χ1n) is 9.67. The highest BCUT2D eigenvalue weighted by atomic mass is 16.5. The molecule has 0 unspecified atom stereocenters. The lowest BCUT2D eigenvalue weighted by molar-refractivity contribution is -0.176. The predicted molar refractivity (Wildman–Crippen MR) is 95.2 cm³/mol. The Hall–Kier alpha value is -1.69. The molecule has 1 aromatic rings. The van der Waals surface area contributed by atoms with Crippen molar-refractivity contribution in [3.63, 3.8) is 0 Å². The minimum Gasteiger partial charge on any atom is -0.378 e. The van der Waals surface area contributed by atoms with Crippen LogP contribution in [0.1, 0.15) is 45.4 Å². The summed E-state index contributed by atoms with van der Waals surface area (Å²) in [6.45, 7) is 4.52. The molecule has 1 amide bonds. The molecule has 0 radical (unpaired) electrons. The quantitative estimate of drug-likeness (QED) is 0.886. The van der Waals surface area contributed by atoms with E-state index >= 15 is 0 Å². The second-order valence-corrected chi connectivity index (χ2v) is 7.64. The Morgan fingerprint density at radius 3 is 2.64 bits per heavy atom. The van der Waals surface area contributed by atoms with Crippen molar-refractivity contribution >= 4 is 11.9 Å². The largest absolute Gasteiger partial charge is 0.378 e. The van der Waals surface area contributed by atoms with E-state index in [2.05, 4.69) is 27.1 Å². The number of nitrogens with zero attached hydrogens (tertiary/aromatic N) is 3. The Labute approximate surface area is 149 Å². The van der Waals surface area contributed by atoms with E-state index in [4.69, 9.17) is 4.74 Å². The van der Waals surface area contributed by atoms with Gasteiger partial charge in [0.15, 0.2) is 0 Å². The third-order valence-corrected chi connectivity index (χ3v) is 6.45. The van der Waals surface area contributed by atoms with Gasteiger partial charge in [0.1, 0.15) is 0 Å². The molecule has 6 heteroatoms. The van der Waals surface area contributed by atoms with Crippen LogP contribution in [-0.4, -0.2) is 47.7 Å². The fraction of sp³-hybridized carbons (Fsp3) is 0.737. The highest BCUT2D eigenvalue weighted by Gasteiger charge is 2.59. The Morgan fingerprint density at radius 2 is 2.04 bits per heavy atom. The summed E-state index contributed by atoms with van der Waals surface area (Å²) in [7, 11) is 0. The minimum atomic E-state index is 0.114. The maximum absolute atomic E-state index is 12.7. The van der Waals surface area contributed by atoms with Gasteiger partial charge in [-0.3, -0.25) is 4.79 Å². The molecule has 3 aliphatic rings. The monoisotopic (exact) mass is 344 g/mol. The zero-order valence-corrected chi connectivity index (χ0v) is 15.0. The van der Waals surface area contributed by atoms with Crippen LogP contribution in [0.4, 0.5) is 5.95 Å². The number of nitrogens with one attached hydrogen (secondary N) is 1. The first kappa shape index (κ1) is 16.8. The number of hydrogen-bond acceptors (Lipinski definition) is 5. The summed E-state index contributed by atoms with van der Waals surface area (Å²) >= 11 is 0. The number of carbonyl (C=O) groups is 1. The van der Waals surface area contributed by atoms with E-state index in [-0.39, 0.29) is 17.2 Å². The first-order valence-corrected chi connectivity index (χ1v) is 9.67. The van der Waals surface area contributed by atoms with E-state index in [0.717, 1.165) is 44.9 Å². The first-order chi connectivity index (χ1) is 12.2. The Morgan fingerprint density at radius 1 is 1.32 bits per heavy atom. The molecular formula is C19H28N4O2. The molecule has 2 heterocycles. The number of anilines is 1. The van der Waals surface area contributed by atoms with E-state index in [1.54, 1.807) is 12.4 Å². The molecule has 2 aliphatic carbocycles. The van der Waals surface area contributed by atoms with E-state index in [9.17, 15) is 4.79 Å². The Kier molecular flexibility index (Phi) is 4.63. The van der Waals surface area contributed by atoms with Gasteiger partial charge in [-0.1, -0.05) is 6.42 Å². The van der Waals surface area contributed by atoms with Crippen molar-refractivity contribution in [2.45, 2.75) is 57.6 Å². The number of rotatable bonds is 5. The number of amides is 1.